The van der Waals surface area contributed by atoms with Gasteiger partial charge in [-0.1, -0.05) is 48.5 Å². The van der Waals surface area contributed by atoms with E-state index in [0.717, 1.165) is 5.56 Å². The molecule has 0 saturated carbocycles. The van der Waals surface area contributed by atoms with Gasteiger partial charge in [-0.3, -0.25) is 14.4 Å². The second-order valence-electron chi connectivity index (χ2n) is 6.45. The van der Waals surface area contributed by atoms with E-state index in [9.17, 15) is 14.4 Å². The van der Waals surface area contributed by atoms with Gasteiger partial charge in [0, 0.05) is 19.2 Å². The average molecular weight is 366 g/mol. The van der Waals surface area contributed by atoms with Gasteiger partial charge < -0.3 is 15.0 Å². The molecule has 2 atom stereocenters. The third-order valence-electron chi connectivity index (χ3n) is 4.86. The van der Waals surface area contributed by atoms with E-state index < -0.39 is 12.0 Å². The SMILES string of the molecule is COC(=O)CCNC(=O)C1c2ccccc2C(=O)N(C)C1c1ccccc1. The minimum absolute atomic E-state index is 0.0986. The number of carbonyl (C=O) groups excluding carboxylic acids is 3. The first-order valence-electron chi connectivity index (χ1n) is 8.80. The van der Waals surface area contributed by atoms with Crippen LogP contribution in [0.15, 0.2) is 54.6 Å². The maximum absolute atomic E-state index is 13.1. The normalized spacial score (nSPS) is 18.6. The molecule has 0 fully saturated rings. The Balaban J connectivity index is 1.97. The van der Waals surface area contributed by atoms with Crippen LogP contribution in [0.1, 0.15) is 39.9 Å². The number of hydrogen-bond acceptors (Lipinski definition) is 4. The molecule has 1 aliphatic rings. The van der Waals surface area contributed by atoms with Gasteiger partial charge in [0.05, 0.1) is 25.5 Å². The number of nitrogens with one attached hydrogen (secondary N) is 1. The smallest absolute Gasteiger partial charge is 0.307 e. The lowest BCUT2D eigenvalue weighted by atomic mass is 9.79. The van der Waals surface area contributed by atoms with E-state index in [1.165, 1.54) is 7.11 Å². The molecule has 1 N–H and O–H groups in total. The molecule has 0 radical (unpaired) electrons. The molecule has 2 aromatic rings. The number of benzene rings is 2. The van der Waals surface area contributed by atoms with Crippen molar-refractivity contribution in [1.29, 1.82) is 0 Å². The Morgan fingerprint density at radius 1 is 1.07 bits per heavy atom. The molecule has 140 valence electrons. The van der Waals surface area contributed by atoms with Crippen molar-refractivity contribution in [2.75, 3.05) is 20.7 Å². The third kappa shape index (κ3) is 3.69. The van der Waals surface area contributed by atoms with E-state index >= 15 is 0 Å². The van der Waals surface area contributed by atoms with Crippen LogP contribution >= 0.6 is 0 Å². The van der Waals surface area contributed by atoms with E-state index in [0.29, 0.717) is 11.1 Å². The number of rotatable bonds is 5. The fourth-order valence-electron chi connectivity index (χ4n) is 3.52. The van der Waals surface area contributed by atoms with E-state index in [2.05, 4.69) is 10.1 Å². The van der Waals surface area contributed by atoms with Gasteiger partial charge in [0.2, 0.25) is 5.91 Å². The van der Waals surface area contributed by atoms with Gasteiger partial charge in [0.1, 0.15) is 0 Å². The maximum Gasteiger partial charge on any atom is 0.307 e. The number of likely N-dealkylation sites (N-methyl/N-ethyl adjacent to an activating group) is 1. The van der Waals surface area contributed by atoms with Gasteiger partial charge in [0.25, 0.3) is 5.91 Å². The second-order valence-corrected chi connectivity index (χ2v) is 6.45. The number of ether oxygens (including phenoxy) is 1. The Morgan fingerprint density at radius 3 is 2.44 bits per heavy atom. The van der Waals surface area contributed by atoms with Gasteiger partial charge >= 0.3 is 5.97 Å². The summed E-state index contributed by atoms with van der Waals surface area (Å²) in [6.45, 7) is 0.184. The summed E-state index contributed by atoms with van der Waals surface area (Å²) in [5.41, 5.74) is 2.11. The average Bonchev–Trinajstić information content (AvgIpc) is 2.70. The molecule has 2 unspecified atom stereocenters. The largest absolute Gasteiger partial charge is 0.469 e. The Bertz CT molecular complexity index is 850. The Hall–Kier alpha value is -3.15. The predicted octanol–water partition coefficient (Wildman–Crippen LogP) is 2.28. The van der Waals surface area contributed by atoms with Gasteiger partial charge in [-0.25, -0.2) is 0 Å². The maximum atomic E-state index is 13.1. The zero-order chi connectivity index (χ0) is 19.4. The van der Waals surface area contributed by atoms with Crippen LogP contribution in [-0.4, -0.2) is 43.4 Å². The number of esters is 1. The molecule has 6 nitrogen and oxygen atoms in total. The molecule has 27 heavy (non-hydrogen) atoms. The fraction of sp³-hybridized carbons (Fsp3) is 0.286. The Labute approximate surface area is 158 Å². The molecule has 0 saturated heterocycles. The van der Waals surface area contributed by atoms with Crippen molar-refractivity contribution < 1.29 is 19.1 Å². The van der Waals surface area contributed by atoms with E-state index in [1.54, 1.807) is 24.1 Å². The molecule has 3 rings (SSSR count). The van der Waals surface area contributed by atoms with Crippen LogP contribution in [-0.2, 0) is 14.3 Å². The van der Waals surface area contributed by atoms with Crippen molar-refractivity contribution >= 4 is 17.8 Å². The van der Waals surface area contributed by atoms with Gasteiger partial charge in [0.15, 0.2) is 0 Å². The molecule has 6 heteroatoms. The lowest BCUT2D eigenvalue weighted by molar-refractivity contribution is -0.140. The molecule has 0 aromatic heterocycles. The molecule has 0 spiro atoms. The molecular formula is C21H22N2O4. The zero-order valence-electron chi connectivity index (χ0n) is 15.3. The molecular weight excluding hydrogens is 344 g/mol. The summed E-state index contributed by atoms with van der Waals surface area (Å²) in [4.78, 5) is 38.8. The van der Waals surface area contributed by atoms with Gasteiger partial charge in [-0.15, -0.1) is 0 Å². The first-order valence-corrected chi connectivity index (χ1v) is 8.80. The summed E-state index contributed by atoms with van der Waals surface area (Å²) in [5, 5.41) is 2.82. The quantitative estimate of drug-likeness (QED) is 0.824. The summed E-state index contributed by atoms with van der Waals surface area (Å²) in [5.74, 6) is -1.28. The van der Waals surface area contributed by atoms with Crippen LogP contribution in [0.2, 0.25) is 0 Å². The van der Waals surface area contributed by atoms with Crippen molar-refractivity contribution in [1.82, 2.24) is 10.2 Å². The summed E-state index contributed by atoms with van der Waals surface area (Å²) < 4.78 is 4.61. The van der Waals surface area contributed by atoms with Gasteiger partial charge in [-0.2, -0.15) is 0 Å². The highest BCUT2D eigenvalue weighted by atomic mass is 16.5. The van der Waals surface area contributed by atoms with Crippen molar-refractivity contribution in [3.63, 3.8) is 0 Å². The van der Waals surface area contributed by atoms with E-state index in [-0.39, 0.29) is 30.7 Å². The molecule has 2 amide bonds. The minimum Gasteiger partial charge on any atom is -0.469 e. The van der Waals surface area contributed by atoms with Crippen molar-refractivity contribution in [2.24, 2.45) is 0 Å². The van der Waals surface area contributed by atoms with Crippen LogP contribution in [0.25, 0.3) is 0 Å². The topological polar surface area (TPSA) is 75.7 Å². The Morgan fingerprint density at radius 2 is 1.74 bits per heavy atom. The summed E-state index contributed by atoms with van der Waals surface area (Å²) in [6, 6.07) is 16.3. The fourth-order valence-corrected chi connectivity index (χ4v) is 3.52. The number of methoxy groups -OCH3 is 1. The molecule has 1 aliphatic heterocycles. The van der Waals surface area contributed by atoms with Crippen LogP contribution in [0.4, 0.5) is 0 Å². The number of carbonyl (C=O) groups is 3. The lowest BCUT2D eigenvalue weighted by Gasteiger charge is -2.39. The summed E-state index contributed by atoms with van der Waals surface area (Å²) in [7, 11) is 3.03. The second kappa shape index (κ2) is 8.03. The Kier molecular flexibility index (Phi) is 5.54. The summed E-state index contributed by atoms with van der Waals surface area (Å²) >= 11 is 0. The number of fused-ring (bicyclic) bond motifs is 1. The zero-order valence-corrected chi connectivity index (χ0v) is 15.3. The lowest BCUT2D eigenvalue weighted by Crippen LogP contribution is -2.45. The highest BCUT2D eigenvalue weighted by Gasteiger charge is 2.42. The van der Waals surface area contributed by atoms with Crippen molar-refractivity contribution in [2.45, 2.75) is 18.4 Å². The highest BCUT2D eigenvalue weighted by Crippen LogP contribution is 2.41. The third-order valence-corrected chi connectivity index (χ3v) is 4.86. The van der Waals surface area contributed by atoms with Gasteiger partial charge in [-0.05, 0) is 17.2 Å². The van der Waals surface area contributed by atoms with Crippen molar-refractivity contribution in [3.8, 4) is 0 Å². The molecule has 0 aliphatic carbocycles. The number of amides is 2. The molecule has 0 bridgehead atoms. The minimum atomic E-state index is -0.566. The predicted molar refractivity (Wildman–Crippen MR) is 100 cm³/mol. The standard InChI is InChI=1S/C21H22N2O4/c1-23-19(14-8-4-3-5-9-14)18(20(25)22-13-12-17(24)27-2)15-10-6-7-11-16(15)21(23)26/h3-11,18-19H,12-13H2,1-2H3,(H,22,25). The first kappa shape index (κ1) is 18.6. The molecule has 1 heterocycles. The van der Waals surface area contributed by atoms with Crippen LogP contribution in [0, 0.1) is 0 Å². The number of nitrogens with zero attached hydrogens (tertiary/aromatic N) is 1. The first-order chi connectivity index (χ1) is 13.0. The monoisotopic (exact) mass is 366 g/mol. The highest BCUT2D eigenvalue weighted by molar-refractivity contribution is 6.01. The molecule has 2 aromatic carbocycles. The van der Waals surface area contributed by atoms with Crippen molar-refractivity contribution in [3.05, 3.63) is 71.3 Å². The number of hydrogen-bond donors (Lipinski definition) is 1. The van der Waals surface area contributed by atoms with Crippen LogP contribution in [0.3, 0.4) is 0 Å². The summed E-state index contributed by atoms with van der Waals surface area (Å²) in [6.07, 6.45) is 0.0986. The van der Waals surface area contributed by atoms with E-state index in [1.807, 2.05) is 42.5 Å². The van der Waals surface area contributed by atoms with Crippen LogP contribution < -0.4 is 5.32 Å². The van der Waals surface area contributed by atoms with E-state index in [4.69, 9.17) is 0 Å². The van der Waals surface area contributed by atoms with Crippen LogP contribution in [0.5, 0.6) is 0 Å².